The summed E-state index contributed by atoms with van der Waals surface area (Å²) in [5.74, 6) is 1.32. The van der Waals surface area contributed by atoms with Crippen LogP contribution in [-0.4, -0.2) is 35.0 Å². The van der Waals surface area contributed by atoms with Crippen molar-refractivity contribution in [1.29, 1.82) is 0 Å². The minimum atomic E-state index is 0.617. The van der Waals surface area contributed by atoms with Crippen LogP contribution in [0, 0.1) is 6.92 Å². The Bertz CT molecular complexity index is 569. The number of methoxy groups -OCH3 is 1. The zero-order valence-corrected chi connectivity index (χ0v) is 12.8. The van der Waals surface area contributed by atoms with Crippen LogP contribution in [0.4, 0.5) is 0 Å². The lowest BCUT2D eigenvalue weighted by atomic mass is 10.2. The average Bonchev–Trinajstić information content (AvgIpc) is 2.94. The normalized spacial score (nSPS) is 10.8. The number of pyridine rings is 1. The monoisotopic (exact) mass is 290 g/mol. The van der Waals surface area contributed by atoms with Crippen LogP contribution in [0.25, 0.3) is 0 Å². The predicted octanol–water partition coefficient (Wildman–Crippen LogP) is 2.13. The molecule has 0 spiro atoms. The Balaban J connectivity index is 1.95. The third kappa shape index (κ3) is 4.54. The van der Waals surface area contributed by atoms with Gasteiger partial charge in [-0.05, 0) is 25.5 Å². The van der Waals surface area contributed by atoms with E-state index in [0.29, 0.717) is 18.2 Å². The summed E-state index contributed by atoms with van der Waals surface area (Å²) in [5.41, 5.74) is 2.13. The van der Waals surface area contributed by atoms with Crippen molar-refractivity contribution in [3.05, 3.63) is 35.8 Å². The fourth-order valence-corrected chi connectivity index (χ4v) is 1.91. The topological polar surface area (TPSA) is 61.2 Å². The molecule has 0 saturated carbocycles. The molecule has 1 N–H and O–H groups in total. The summed E-state index contributed by atoms with van der Waals surface area (Å²) in [4.78, 5) is 4.38. The summed E-state index contributed by atoms with van der Waals surface area (Å²) >= 11 is 0. The summed E-state index contributed by atoms with van der Waals surface area (Å²) in [7, 11) is 1.69. The van der Waals surface area contributed by atoms with Crippen molar-refractivity contribution < 1.29 is 9.47 Å². The quantitative estimate of drug-likeness (QED) is 0.755. The first-order valence-electron chi connectivity index (χ1n) is 7.08. The summed E-state index contributed by atoms with van der Waals surface area (Å²) in [5, 5.41) is 7.47. The first-order chi connectivity index (χ1) is 10.2. The van der Waals surface area contributed by atoms with E-state index >= 15 is 0 Å². The molecular formula is C15H22N4O2. The van der Waals surface area contributed by atoms with E-state index < -0.39 is 0 Å². The van der Waals surface area contributed by atoms with Gasteiger partial charge in [0.1, 0.15) is 0 Å². The molecule has 0 saturated heterocycles. The highest BCUT2D eigenvalue weighted by Gasteiger charge is 2.06. The van der Waals surface area contributed by atoms with Crippen molar-refractivity contribution in [3.63, 3.8) is 0 Å². The molecule has 0 aromatic carbocycles. The van der Waals surface area contributed by atoms with Crippen molar-refractivity contribution in [1.82, 2.24) is 20.1 Å². The highest BCUT2D eigenvalue weighted by atomic mass is 16.5. The molecule has 0 radical (unpaired) electrons. The van der Waals surface area contributed by atoms with Gasteiger partial charge in [-0.1, -0.05) is 0 Å². The molecular weight excluding hydrogens is 268 g/mol. The van der Waals surface area contributed by atoms with Crippen molar-refractivity contribution in [2.45, 2.75) is 26.9 Å². The number of ether oxygens (including phenoxy) is 2. The van der Waals surface area contributed by atoms with Crippen molar-refractivity contribution >= 4 is 0 Å². The van der Waals surface area contributed by atoms with Gasteiger partial charge in [0.15, 0.2) is 5.75 Å². The molecule has 6 heteroatoms. The molecule has 0 unspecified atom stereocenters. The molecule has 0 atom stereocenters. The molecule has 21 heavy (non-hydrogen) atoms. The Morgan fingerprint density at radius 2 is 2.19 bits per heavy atom. The lowest BCUT2D eigenvalue weighted by molar-refractivity contribution is 0.199. The van der Waals surface area contributed by atoms with Crippen molar-refractivity contribution in [2.24, 2.45) is 0 Å². The summed E-state index contributed by atoms with van der Waals surface area (Å²) < 4.78 is 12.6. The van der Waals surface area contributed by atoms with Crippen LogP contribution in [0.15, 0.2) is 24.7 Å². The van der Waals surface area contributed by atoms with E-state index in [9.17, 15) is 0 Å². The Labute approximate surface area is 125 Å². The van der Waals surface area contributed by atoms with E-state index in [1.807, 2.05) is 30.9 Å². The number of aromatic nitrogens is 3. The highest BCUT2D eigenvalue weighted by Crippen LogP contribution is 2.22. The molecule has 2 aromatic heterocycles. The molecule has 0 amide bonds. The third-order valence-electron chi connectivity index (χ3n) is 3.05. The Morgan fingerprint density at radius 1 is 1.33 bits per heavy atom. The molecule has 0 fully saturated rings. The standard InChI is InChI=1S/C15H22N4O2/c1-4-19-11-14(10-18-19)21-15-12(2)7-13(9-17-15)8-16-5-6-20-3/h7,9-11,16H,4-6,8H2,1-3H3. The molecule has 114 valence electrons. The van der Waals surface area contributed by atoms with Crippen LogP contribution in [0.5, 0.6) is 11.6 Å². The minimum Gasteiger partial charge on any atom is -0.435 e. The van der Waals surface area contributed by atoms with Gasteiger partial charge in [-0.15, -0.1) is 0 Å². The first kappa shape index (κ1) is 15.5. The number of aryl methyl sites for hydroxylation is 2. The SMILES string of the molecule is CCn1cc(Oc2ncc(CNCCOC)cc2C)cn1. The number of hydrogen-bond acceptors (Lipinski definition) is 5. The van der Waals surface area contributed by atoms with E-state index in [1.54, 1.807) is 13.3 Å². The maximum absolute atomic E-state index is 5.75. The molecule has 0 bridgehead atoms. The van der Waals surface area contributed by atoms with Crippen LogP contribution >= 0.6 is 0 Å². The molecule has 2 aromatic rings. The van der Waals surface area contributed by atoms with E-state index in [4.69, 9.17) is 9.47 Å². The van der Waals surface area contributed by atoms with Gasteiger partial charge in [0.2, 0.25) is 5.88 Å². The molecule has 6 nitrogen and oxygen atoms in total. The average molecular weight is 290 g/mol. The number of nitrogens with zero attached hydrogens (tertiary/aromatic N) is 3. The smallest absolute Gasteiger partial charge is 0.222 e. The third-order valence-corrected chi connectivity index (χ3v) is 3.05. The van der Waals surface area contributed by atoms with Crippen LogP contribution < -0.4 is 10.1 Å². The maximum Gasteiger partial charge on any atom is 0.222 e. The van der Waals surface area contributed by atoms with Crippen molar-refractivity contribution in [2.75, 3.05) is 20.3 Å². The molecule has 2 heterocycles. The van der Waals surface area contributed by atoms with Gasteiger partial charge in [-0.2, -0.15) is 5.10 Å². The molecule has 2 rings (SSSR count). The fraction of sp³-hybridized carbons (Fsp3) is 0.467. The highest BCUT2D eigenvalue weighted by molar-refractivity contribution is 5.32. The lowest BCUT2D eigenvalue weighted by Crippen LogP contribution is -2.18. The Morgan fingerprint density at radius 3 is 2.86 bits per heavy atom. The van der Waals surface area contributed by atoms with Gasteiger partial charge in [0, 0.05) is 38.5 Å². The zero-order valence-electron chi connectivity index (χ0n) is 12.8. The fourth-order valence-electron chi connectivity index (χ4n) is 1.91. The Hall–Kier alpha value is -1.92. The van der Waals surface area contributed by atoms with E-state index in [2.05, 4.69) is 21.5 Å². The molecule has 0 aliphatic heterocycles. The van der Waals surface area contributed by atoms with Crippen molar-refractivity contribution in [3.8, 4) is 11.6 Å². The van der Waals surface area contributed by atoms with Crippen LogP contribution in [0.2, 0.25) is 0 Å². The van der Waals surface area contributed by atoms with E-state index in [0.717, 1.165) is 30.8 Å². The maximum atomic E-state index is 5.75. The second-order valence-corrected chi connectivity index (χ2v) is 4.77. The molecule has 0 aliphatic rings. The van der Waals surface area contributed by atoms with E-state index in [-0.39, 0.29) is 0 Å². The second kappa shape index (κ2) is 7.75. The van der Waals surface area contributed by atoms with E-state index in [1.165, 1.54) is 0 Å². The van der Waals surface area contributed by atoms with Crippen LogP contribution in [0.1, 0.15) is 18.1 Å². The van der Waals surface area contributed by atoms with Gasteiger partial charge < -0.3 is 14.8 Å². The summed E-state index contributed by atoms with van der Waals surface area (Å²) in [6.45, 7) is 7.14. The van der Waals surface area contributed by atoms with Gasteiger partial charge in [0.25, 0.3) is 0 Å². The number of nitrogens with one attached hydrogen (secondary N) is 1. The van der Waals surface area contributed by atoms with Gasteiger partial charge >= 0.3 is 0 Å². The predicted molar refractivity (Wildman–Crippen MR) is 80.5 cm³/mol. The second-order valence-electron chi connectivity index (χ2n) is 4.77. The summed E-state index contributed by atoms with van der Waals surface area (Å²) in [6, 6.07) is 2.08. The Kier molecular flexibility index (Phi) is 5.71. The largest absolute Gasteiger partial charge is 0.435 e. The number of rotatable bonds is 8. The zero-order chi connectivity index (χ0) is 15.1. The molecule has 0 aliphatic carbocycles. The van der Waals surface area contributed by atoms with Gasteiger partial charge in [-0.25, -0.2) is 4.98 Å². The van der Waals surface area contributed by atoms with Gasteiger partial charge in [0.05, 0.1) is 19.0 Å². The summed E-state index contributed by atoms with van der Waals surface area (Å²) in [6.07, 6.45) is 5.39. The first-order valence-corrected chi connectivity index (χ1v) is 7.08. The van der Waals surface area contributed by atoms with Gasteiger partial charge in [-0.3, -0.25) is 4.68 Å². The minimum absolute atomic E-state index is 0.617. The van der Waals surface area contributed by atoms with Crippen LogP contribution in [-0.2, 0) is 17.8 Å². The van der Waals surface area contributed by atoms with Crippen LogP contribution in [0.3, 0.4) is 0 Å². The number of hydrogen-bond donors (Lipinski definition) is 1. The lowest BCUT2D eigenvalue weighted by Gasteiger charge is -2.08.